The molecule has 6 nitrogen and oxygen atoms in total. The van der Waals surface area contributed by atoms with E-state index in [0.717, 1.165) is 44.0 Å². The first-order valence-electron chi connectivity index (χ1n) is 9.52. The number of benzene rings is 2. The fourth-order valence-corrected chi connectivity index (χ4v) is 3.68. The highest BCUT2D eigenvalue weighted by Crippen LogP contribution is 2.39. The highest BCUT2D eigenvalue weighted by atomic mass is 16.5. The predicted molar refractivity (Wildman–Crippen MR) is 112 cm³/mol. The molecule has 1 aliphatic heterocycles. The number of hydrogen-bond donors (Lipinski definition) is 1. The van der Waals surface area contributed by atoms with Gasteiger partial charge in [-0.25, -0.2) is 0 Å². The van der Waals surface area contributed by atoms with Crippen LogP contribution >= 0.6 is 0 Å². The molecule has 1 heterocycles. The second-order valence-corrected chi connectivity index (χ2v) is 6.66. The fraction of sp³-hybridized carbons (Fsp3) is 0.409. The Balaban J connectivity index is 1.64. The topological polar surface area (TPSA) is 55.3 Å². The number of rotatable bonds is 6. The smallest absolute Gasteiger partial charge is 0.203 e. The minimum Gasteiger partial charge on any atom is -0.493 e. The van der Waals surface area contributed by atoms with Crippen LogP contribution in [0.2, 0.25) is 0 Å². The highest BCUT2D eigenvalue weighted by Gasteiger charge is 2.19. The van der Waals surface area contributed by atoms with Crippen LogP contribution in [0.25, 0.3) is 0 Å². The number of aliphatic imine (C=N–C) groups is 1. The summed E-state index contributed by atoms with van der Waals surface area (Å²) in [6, 6.07) is 12.5. The summed E-state index contributed by atoms with van der Waals surface area (Å²) < 4.78 is 16.4. The van der Waals surface area contributed by atoms with Crippen molar-refractivity contribution in [2.75, 3.05) is 41.5 Å². The van der Waals surface area contributed by atoms with Gasteiger partial charge in [-0.2, -0.15) is 0 Å². The monoisotopic (exact) mass is 383 g/mol. The highest BCUT2D eigenvalue weighted by molar-refractivity contribution is 5.80. The van der Waals surface area contributed by atoms with Crippen molar-refractivity contribution >= 4 is 5.96 Å². The van der Waals surface area contributed by atoms with Crippen LogP contribution in [0.4, 0.5) is 0 Å². The van der Waals surface area contributed by atoms with E-state index in [1.165, 1.54) is 11.1 Å². The summed E-state index contributed by atoms with van der Waals surface area (Å²) in [5.41, 5.74) is 3.87. The number of ether oxygens (including phenoxy) is 3. The Labute approximate surface area is 167 Å². The number of methoxy groups -OCH3 is 3. The van der Waals surface area contributed by atoms with Crippen LogP contribution < -0.4 is 19.5 Å². The van der Waals surface area contributed by atoms with E-state index in [-0.39, 0.29) is 0 Å². The van der Waals surface area contributed by atoms with E-state index in [1.807, 2.05) is 19.2 Å². The van der Waals surface area contributed by atoms with Crippen molar-refractivity contribution in [1.29, 1.82) is 0 Å². The maximum atomic E-state index is 5.58. The van der Waals surface area contributed by atoms with Crippen LogP contribution in [0, 0.1) is 0 Å². The SMILES string of the molecule is CN=C(NCCc1ccc(OC)c(OC)c1OC)N1CCc2ccccc2C1. The van der Waals surface area contributed by atoms with E-state index in [0.29, 0.717) is 17.2 Å². The van der Waals surface area contributed by atoms with Gasteiger partial charge in [0.05, 0.1) is 21.3 Å². The third-order valence-corrected chi connectivity index (χ3v) is 5.11. The minimum atomic E-state index is 0.625. The molecule has 0 saturated carbocycles. The first-order chi connectivity index (χ1) is 13.7. The third-order valence-electron chi connectivity index (χ3n) is 5.11. The second kappa shape index (κ2) is 9.35. The molecule has 0 radical (unpaired) electrons. The van der Waals surface area contributed by atoms with Gasteiger partial charge in [-0.15, -0.1) is 0 Å². The number of nitrogens with zero attached hydrogens (tertiary/aromatic N) is 2. The Bertz CT molecular complexity index is 836. The summed E-state index contributed by atoms with van der Waals surface area (Å²) >= 11 is 0. The Kier molecular flexibility index (Phi) is 6.63. The predicted octanol–water partition coefficient (Wildman–Crippen LogP) is 2.89. The van der Waals surface area contributed by atoms with Gasteiger partial charge in [0.2, 0.25) is 5.75 Å². The molecule has 0 fully saturated rings. The van der Waals surface area contributed by atoms with Gasteiger partial charge in [-0.3, -0.25) is 4.99 Å². The molecule has 0 aliphatic carbocycles. The van der Waals surface area contributed by atoms with E-state index < -0.39 is 0 Å². The lowest BCUT2D eigenvalue weighted by Gasteiger charge is -2.31. The average molecular weight is 383 g/mol. The van der Waals surface area contributed by atoms with Crippen molar-refractivity contribution in [3.05, 3.63) is 53.1 Å². The first-order valence-corrected chi connectivity index (χ1v) is 9.52. The lowest BCUT2D eigenvalue weighted by atomic mass is 10.0. The summed E-state index contributed by atoms with van der Waals surface area (Å²) in [6.07, 6.45) is 1.83. The van der Waals surface area contributed by atoms with Crippen LogP contribution in [0.1, 0.15) is 16.7 Å². The van der Waals surface area contributed by atoms with Crippen LogP contribution in [0.5, 0.6) is 17.2 Å². The molecule has 0 amide bonds. The zero-order valence-corrected chi connectivity index (χ0v) is 17.1. The summed E-state index contributed by atoms with van der Waals surface area (Å²) in [5.74, 6) is 2.93. The minimum absolute atomic E-state index is 0.625. The molecule has 2 aromatic rings. The standard InChI is InChI=1S/C22H29N3O3/c1-23-22(25-14-12-16-7-5-6-8-18(16)15-25)24-13-11-17-9-10-19(26-2)21(28-4)20(17)27-3/h5-10H,11-15H2,1-4H3,(H,23,24). The third kappa shape index (κ3) is 4.16. The molecule has 6 heteroatoms. The van der Waals surface area contributed by atoms with Crippen molar-refractivity contribution in [3.8, 4) is 17.2 Å². The van der Waals surface area contributed by atoms with Gasteiger partial charge in [0, 0.05) is 32.2 Å². The maximum Gasteiger partial charge on any atom is 0.203 e. The Morgan fingerprint density at radius 2 is 1.75 bits per heavy atom. The molecule has 28 heavy (non-hydrogen) atoms. The first kappa shape index (κ1) is 19.9. The van der Waals surface area contributed by atoms with Crippen LogP contribution in [0.3, 0.4) is 0 Å². The molecule has 0 aromatic heterocycles. The molecule has 3 rings (SSSR count). The summed E-state index contributed by atoms with van der Waals surface area (Å²) in [4.78, 5) is 6.77. The quantitative estimate of drug-likeness (QED) is 0.614. The number of guanidine groups is 1. The lowest BCUT2D eigenvalue weighted by Crippen LogP contribution is -2.44. The van der Waals surface area contributed by atoms with Gasteiger partial charge in [0.15, 0.2) is 17.5 Å². The fourth-order valence-electron chi connectivity index (χ4n) is 3.68. The van der Waals surface area contributed by atoms with Crippen LogP contribution in [-0.4, -0.2) is 52.3 Å². The van der Waals surface area contributed by atoms with Gasteiger partial charge >= 0.3 is 0 Å². The zero-order valence-electron chi connectivity index (χ0n) is 17.1. The summed E-state index contributed by atoms with van der Waals surface area (Å²) in [7, 11) is 6.73. The van der Waals surface area contributed by atoms with E-state index in [2.05, 4.69) is 39.5 Å². The largest absolute Gasteiger partial charge is 0.493 e. The Morgan fingerprint density at radius 1 is 1.00 bits per heavy atom. The number of nitrogens with one attached hydrogen (secondary N) is 1. The van der Waals surface area contributed by atoms with Crippen LogP contribution in [-0.2, 0) is 19.4 Å². The van der Waals surface area contributed by atoms with Crippen molar-refractivity contribution in [3.63, 3.8) is 0 Å². The molecule has 0 unspecified atom stereocenters. The van der Waals surface area contributed by atoms with Crippen molar-refractivity contribution in [1.82, 2.24) is 10.2 Å². The van der Waals surface area contributed by atoms with Crippen molar-refractivity contribution in [2.45, 2.75) is 19.4 Å². The summed E-state index contributed by atoms with van der Waals surface area (Å²) in [6.45, 7) is 2.60. The Morgan fingerprint density at radius 3 is 2.43 bits per heavy atom. The van der Waals surface area contributed by atoms with E-state index in [1.54, 1.807) is 21.3 Å². The van der Waals surface area contributed by atoms with E-state index >= 15 is 0 Å². The summed E-state index contributed by atoms with van der Waals surface area (Å²) in [5, 5.41) is 3.48. The normalized spacial score (nSPS) is 13.7. The maximum absolute atomic E-state index is 5.58. The molecule has 0 bridgehead atoms. The molecule has 0 spiro atoms. The van der Waals surface area contributed by atoms with Gasteiger partial charge in [0.25, 0.3) is 0 Å². The molecule has 1 aliphatic rings. The molecule has 2 aromatic carbocycles. The molecule has 0 atom stereocenters. The van der Waals surface area contributed by atoms with E-state index in [9.17, 15) is 0 Å². The van der Waals surface area contributed by atoms with Crippen molar-refractivity contribution in [2.24, 2.45) is 4.99 Å². The van der Waals surface area contributed by atoms with Crippen LogP contribution in [0.15, 0.2) is 41.4 Å². The second-order valence-electron chi connectivity index (χ2n) is 6.66. The van der Waals surface area contributed by atoms with Gasteiger partial charge in [-0.05, 0) is 30.0 Å². The lowest BCUT2D eigenvalue weighted by molar-refractivity contribution is 0.322. The van der Waals surface area contributed by atoms with Gasteiger partial charge < -0.3 is 24.4 Å². The molecular formula is C22H29N3O3. The van der Waals surface area contributed by atoms with Crippen molar-refractivity contribution < 1.29 is 14.2 Å². The molecule has 0 saturated heterocycles. The van der Waals surface area contributed by atoms with Gasteiger partial charge in [-0.1, -0.05) is 30.3 Å². The Hall–Kier alpha value is -2.89. The molecule has 150 valence electrons. The van der Waals surface area contributed by atoms with E-state index in [4.69, 9.17) is 14.2 Å². The number of hydrogen-bond acceptors (Lipinski definition) is 4. The average Bonchev–Trinajstić information content (AvgIpc) is 2.75. The molecular weight excluding hydrogens is 354 g/mol. The van der Waals surface area contributed by atoms with Gasteiger partial charge in [0.1, 0.15) is 0 Å². The molecule has 1 N–H and O–H groups in total. The number of fused-ring (bicyclic) bond motifs is 1. The zero-order chi connectivity index (χ0) is 19.9.